The minimum Gasteiger partial charge on any atom is -0.425 e. The van der Waals surface area contributed by atoms with Gasteiger partial charge in [-0.25, -0.2) is 16.8 Å². The molecule has 0 unspecified atom stereocenters. The maximum atomic E-state index is 12.3. The van der Waals surface area contributed by atoms with Gasteiger partial charge in [0, 0.05) is 12.8 Å². The van der Waals surface area contributed by atoms with Crippen LogP contribution in [-0.2, 0) is 20.0 Å². The van der Waals surface area contributed by atoms with Crippen LogP contribution < -0.4 is 0 Å². The van der Waals surface area contributed by atoms with E-state index < -0.39 is 42.9 Å². The van der Waals surface area contributed by atoms with Gasteiger partial charge in [0.05, 0.1) is 26.2 Å². The van der Waals surface area contributed by atoms with Crippen molar-refractivity contribution < 1.29 is 65.2 Å². The highest BCUT2D eigenvalue weighted by Gasteiger charge is 2.68. The summed E-state index contributed by atoms with van der Waals surface area (Å²) in [4.78, 5) is 0. The van der Waals surface area contributed by atoms with Gasteiger partial charge in [-0.05, 0) is 12.8 Å². The van der Waals surface area contributed by atoms with Gasteiger partial charge in [0.15, 0.2) is 20.0 Å². The third-order valence-electron chi connectivity index (χ3n) is 4.70. The topological polar surface area (TPSA) is 82.4 Å². The second-order valence-corrected chi connectivity index (χ2v) is 10.9. The second-order valence-electron chi connectivity index (χ2n) is 7.35. The molecule has 1 heterocycles. The van der Waals surface area contributed by atoms with Crippen LogP contribution in [0.15, 0.2) is 0 Å². The fraction of sp³-hybridized carbons (Fsp3) is 1.00. The molecule has 0 bridgehead atoms. The third-order valence-corrected chi connectivity index (χ3v) is 8.03. The van der Waals surface area contributed by atoms with Crippen molar-refractivity contribution in [2.45, 2.75) is 68.8 Å². The lowest BCUT2D eigenvalue weighted by atomic mass is 10.2. The van der Waals surface area contributed by atoms with Crippen LogP contribution in [0.5, 0.6) is 0 Å². The number of alkyl halides is 10. The zero-order valence-electron chi connectivity index (χ0n) is 17.5. The van der Waals surface area contributed by atoms with E-state index in [1.165, 1.54) is 62.8 Å². The van der Waals surface area contributed by atoms with E-state index in [1.54, 1.807) is 0 Å². The van der Waals surface area contributed by atoms with Crippen molar-refractivity contribution in [2.24, 2.45) is 0 Å². The van der Waals surface area contributed by atoms with Gasteiger partial charge in [-0.3, -0.25) is 0 Å². The Balaban J connectivity index is 0.000000716. The van der Waals surface area contributed by atoms with Crippen molar-refractivity contribution >= 4 is 20.0 Å². The van der Waals surface area contributed by atoms with Crippen molar-refractivity contribution in [3.8, 4) is 0 Å². The van der Waals surface area contributed by atoms with E-state index in [9.17, 15) is 60.7 Å². The molecule has 1 saturated heterocycles. The van der Waals surface area contributed by atoms with E-state index in [2.05, 4.69) is 13.8 Å². The minimum absolute atomic E-state index is 0.422. The van der Waals surface area contributed by atoms with E-state index in [0.717, 1.165) is 0 Å². The first-order valence-electron chi connectivity index (χ1n) is 9.51. The fourth-order valence-electron chi connectivity index (χ4n) is 3.05. The smallest absolute Gasteiger partial charge is 0.425 e. The van der Waals surface area contributed by atoms with Gasteiger partial charge in [-0.15, -0.1) is 0 Å². The molecule has 0 atom stereocenters. The maximum absolute atomic E-state index is 12.3. The van der Waals surface area contributed by atoms with E-state index >= 15 is 0 Å². The van der Waals surface area contributed by atoms with Gasteiger partial charge in [-0.2, -0.15) is 43.9 Å². The SMILES string of the molecule is CCCC[N+]1(CCC)CCCC1.O=S(=O)([N-]S(=O)(=O)C(F)(F)C(F)(F)F)C(F)(F)C(F)(F)F. The third kappa shape index (κ3) is 7.55. The van der Waals surface area contributed by atoms with Gasteiger partial charge in [0.25, 0.3) is 0 Å². The number of halogens is 10. The van der Waals surface area contributed by atoms with Crippen LogP contribution in [0.25, 0.3) is 4.13 Å². The number of hydrogen-bond acceptors (Lipinski definition) is 4. The Kier molecular flexibility index (Phi) is 10.5. The van der Waals surface area contributed by atoms with Crippen LogP contribution in [0.1, 0.15) is 46.0 Å². The molecule has 200 valence electrons. The van der Waals surface area contributed by atoms with E-state index in [-0.39, 0.29) is 0 Å². The predicted molar refractivity (Wildman–Crippen MR) is 97.4 cm³/mol. The van der Waals surface area contributed by atoms with Gasteiger partial charge in [0.1, 0.15) is 0 Å². The summed E-state index contributed by atoms with van der Waals surface area (Å²) in [5, 5.41) is -14.0. The number of quaternary nitrogens is 1. The highest BCUT2D eigenvalue weighted by atomic mass is 32.3. The molecule has 1 rings (SSSR count). The fourth-order valence-corrected chi connectivity index (χ4v) is 5.42. The van der Waals surface area contributed by atoms with E-state index in [1.807, 2.05) is 0 Å². The summed E-state index contributed by atoms with van der Waals surface area (Å²) >= 11 is 0. The monoisotopic (exact) mass is 550 g/mol. The first kappa shape index (κ1) is 32.1. The summed E-state index contributed by atoms with van der Waals surface area (Å²) in [5.74, 6) is 0. The Morgan fingerprint density at radius 1 is 0.667 bits per heavy atom. The van der Waals surface area contributed by atoms with Gasteiger partial charge in [0.2, 0.25) is 0 Å². The highest BCUT2D eigenvalue weighted by Crippen LogP contribution is 2.47. The summed E-state index contributed by atoms with van der Waals surface area (Å²) in [6.45, 7) is 10.4. The number of nitrogens with zero attached hydrogens (tertiary/aromatic N) is 2. The van der Waals surface area contributed by atoms with E-state index in [4.69, 9.17) is 0 Å². The second kappa shape index (κ2) is 10.8. The quantitative estimate of drug-likeness (QED) is 0.294. The molecule has 33 heavy (non-hydrogen) atoms. The van der Waals surface area contributed by atoms with Crippen LogP contribution in [0.4, 0.5) is 43.9 Å². The molecule has 6 nitrogen and oxygen atoms in total. The molecule has 1 aliphatic heterocycles. The summed E-state index contributed by atoms with van der Waals surface area (Å²) in [7, 11) is -15.2. The Morgan fingerprint density at radius 2 is 1.03 bits per heavy atom. The number of unbranched alkanes of at least 4 members (excludes halogenated alkanes) is 1. The minimum atomic E-state index is -7.62. The van der Waals surface area contributed by atoms with Crippen molar-refractivity contribution in [1.82, 2.24) is 0 Å². The lowest BCUT2D eigenvalue weighted by Gasteiger charge is -2.34. The van der Waals surface area contributed by atoms with E-state index in [0.29, 0.717) is 4.13 Å². The number of hydrogen-bond donors (Lipinski definition) is 0. The molecule has 0 saturated carbocycles. The predicted octanol–water partition coefficient (Wildman–Crippen LogP) is 5.14. The highest BCUT2D eigenvalue weighted by molar-refractivity contribution is 8.13. The molecule has 0 aromatic heterocycles. The Labute approximate surface area is 185 Å². The molecule has 0 N–H and O–H groups in total. The summed E-state index contributed by atoms with van der Waals surface area (Å²) in [5.41, 5.74) is 0. The molecule has 0 aromatic rings. The molecular weight excluding hydrogens is 526 g/mol. The number of rotatable bonds is 9. The first-order chi connectivity index (χ1) is 14.5. The lowest BCUT2D eigenvalue weighted by Crippen LogP contribution is -2.48. The molecule has 0 radical (unpaired) electrons. The molecule has 1 aliphatic rings. The van der Waals surface area contributed by atoms with Crippen LogP contribution in [0.2, 0.25) is 0 Å². The first-order valence-corrected chi connectivity index (χ1v) is 12.4. The van der Waals surface area contributed by atoms with Crippen molar-refractivity contribution in [1.29, 1.82) is 0 Å². The van der Waals surface area contributed by atoms with Gasteiger partial charge in [-0.1, -0.05) is 20.3 Å². The summed E-state index contributed by atoms with van der Waals surface area (Å²) in [6, 6.07) is 0. The maximum Gasteiger partial charge on any atom is 0.467 e. The molecule has 0 spiro atoms. The Morgan fingerprint density at radius 3 is 1.30 bits per heavy atom. The number of sulfonamides is 2. The standard InChI is InChI=1S/C11H24N.C4F10NO4S2/c1-3-5-9-12(8-4-2)10-6-7-11-12;5-1(6,7)3(11,12)20(16,17)15-21(18,19)4(13,14)2(8,9)10/h3-11H2,1-2H3;/q+1;-1. The zero-order chi connectivity index (χ0) is 26.6. The van der Waals surface area contributed by atoms with Gasteiger partial charge < -0.3 is 8.61 Å². The number of likely N-dealkylation sites (tertiary alicyclic amines) is 1. The zero-order valence-corrected chi connectivity index (χ0v) is 19.1. The molecule has 18 heteroatoms. The average Bonchev–Trinajstić information content (AvgIpc) is 3.06. The normalized spacial score (nSPS) is 18.1. The van der Waals surface area contributed by atoms with Gasteiger partial charge >= 0.3 is 22.9 Å². The average molecular weight is 550 g/mol. The largest absolute Gasteiger partial charge is 0.467 e. The Bertz CT molecular complexity index is 780. The molecule has 0 aliphatic carbocycles. The van der Waals surface area contributed by atoms with Crippen LogP contribution in [-0.4, -0.2) is 70.4 Å². The van der Waals surface area contributed by atoms with Crippen LogP contribution in [0, 0.1) is 0 Å². The molecule has 0 amide bonds. The van der Waals surface area contributed by atoms with Crippen molar-refractivity contribution in [3.63, 3.8) is 0 Å². The van der Waals surface area contributed by atoms with Crippen LogP contribution in [0.3, 0.4) is 0 Å². The Hall–Kier alpha value is -0.880. The van der Waals surface area contributed by atoms with Crippen molar-refractivity contribution in [2.75, 3.05) is 26.2 Å². The summed E-state index contributed by atoms with van der Waals surface area (Å²) in [6.07, 6.45) is -6.89. The molecule has 0 aromatic carbocycles. The van der Waals surface area contributed by atoms with Crippen molar-refractivity contribution in [3.05, 3.63) is 4.13 Å². The lowest BCUT2D eigenvalue weighted by molar-refractivity contribution is -0.917. The molecular formula is C15H24F10N2O4S2. The van der Waals surface area contributed by atoms with Crippen LogP contribution >= 0.6 is 0 Å². The molecule has 1 fully saturated rings. The summed E-state index contributed by atoms with van der Waals surface area (Å²) < 4.78 is 163.